The molecule has 0 bridgehead atoms. The van der Waals surface area contributed by atoms with Gasteiger partial charge in [0.05, 0.1) is 5.75 Å². The highest BCUT2D eigenvalue weighted by molar-refractivity contribution is 7.89. The molecule has 0 heterocycles. The van der Waals surface area contributed by atoms with E-state index in [1.807, 2.05) is 24.3 Å². The zero-order valence-electron chi connectivity index (χ0n) is 10.5. The molecule has 0 spiro atoms. The fourth-order valence-electron chi connectivity index (χ4n) is 1.45. The van der Waals surface area contributed by atoms with Crippen LogP contribution in [0.4, 0.5) is 0 Å². The van der Waals surface area contributed by atoms with Gasteiger partial charge >= 0.3 is 0 Å². The molecule has 18 heavy (non-hydrogen) atoms. The predicted octanol–water partition coefficient (Wildman–Crippen LogP) is 1.03. The Morgan fingerprint density at radius 2 is 2.17 bits per heavy atom. The lowest BCUT2D eigenvalue weighted by Gasteiger charge is -2.13. The molecule has 0 aliphatic carbocycles. The number of rotatable bonds is 4. The van der Waals surface area contributed by atoms with Crippen LogP contribution >= 0.6 is 0 Å². The molecule has 0 fully saturated rings. The van der Waals surface area contributed by atoms with Crippen LogP contribution in [0.15, 0.2) is 24.3 Å². The van der Waals surface area contributed by atoms with Crippen LogP contribution in [0.3, 0.4) is 0 Å². The molecule has 98 valence electrons. The Morgan fingerprint density at radius 1 is 1.44 bits per heavy atom. The monoisotopic (exact) mass is 267 g/mol. The van der Waals surface area contributed by atoms with Crippen molar-refractivity contribution in [2.45, 2.75) is 19.9 Å². The molecule has 0 aliphatic rings. The largest absolute Gasteiger partial charge is 0.384 e. The Kier molecular flexibility index (Phi) is 5.35. The second-order valence-electron chi connectivity index (χ2n) is 3.83. The molecule has 0 saturated heterocycles. The number of aliphatic hydroxyl groups excluding tert-OH is 1. The van der Waals surface area contributed by atoms with Gasteiger partial charge in [-0.15, -0.1) is 0 Å². The maximum Gasteiger partial charge on any atom is 0.211 e. The minimum atomic E-state index is -3.22. The lowest BCUT2D eigenvalue weighted by molar-refractivity contribution is 0.350. The van der Waals surface area contributed by atoms with E-state index in [1.165, 1.54) is 0 Å². The first-order valence-corrected chi connectivity index (χ1v) is 7.33. The van der Waals surface area contributed by atoms with E-state index in [4.69, 9.17) is 5.11 Å². The van der Waals surface area contributed by atoms with Crippen molar-refractivity contribution in [1.29, 1.82) is 0 Å². The van der Waals surface area contributed by atoms with Crippen molar-refractivity contribution in [3.63, 3.8) is 0 Å². The molecule has 5 heteroatoms. The number of sulfonamides is 1. The molecule has 0 amide bonds. The third kappa shape index (κ3) is 4.49. The van der Waals surface area contributed by atoms with Gasteiger partial charge in [0.2, 0.25) is 10.0 Å². The number of hydrogen-bond donors (Lipinski definition) is 2. The fraction of sp³-hybridized carbons (Fsp3) is 0.385. The average Bonchev–Trinajstić information content (AvgIpc) is 2.36. The smallest absolute Gasteiger partial charge is 0.211 e. The molecule has 4 nitrogen and oxygen atoms in total. The molecule has 1 atom stereocenters. The van der Waals surface area contributed by atoms with Crippen molar-refractivity contribution in [3.05, 3.63) is 35.4 Å². The van der Waals surface area contributed by atoms with Gasteiger partial charge in [0, 0.05) is 11.6 Å². The standard InChI is InChI=1S/C13H17NO3S/c1-3-18(16,17)14-11(2)13-8-4-6-12(10-13)7-5-9-15/h4,6,8,10-11,14-15H,3,9H2,1-2H3. The van der Waals surface area contributed by atoms with E-state index >= 15 is 0 Å². The average molecular weight is 267 g/mol. The van der Waals surface area contributed by atoms with E-state index in [9.17, 15) is 8.42 Å². The van der Waals surface area contributed by atoms with Gasteiger partial charge in [0.15, 0.2) is 0 Å². The summed E-state index contributed by atoms with van der Waals surface area (Å²) >= 11 is 0. The second-order valence-corrected chi connectivity index (χ2v) is 5.87. The van der Waals surface area contributed by atoms with E-state index < -0.39 is 10.0 Å². The minimum Gasteiger partial charge on any atom is -0.384 e. The molecule has 0 aliphatic heterocycles. The Bertz CT molecular complexity index is 555. The molecule has 1 rings (SSSR count). The van der Waals surface area contributed by atoms with Crippen molar-refractivity contribution < 1.29 is 13.5 Å². The lowest BCUT2D eigenvalue weighted by atomic mass is 10.1. The normalized spacial score (nSPS) is 12.6. The van der Waals surface area contributed by atoms with E-state index in [0.29, 0.717) is 0 Å². The summed E-state index contributed by atoms with van der Waals surface area (Å²) in [6.45, 7) is 3.19. The molecule has 2 N–H and O–H groups in total. The Balaban J connectivity index is 2.90. The molecule has 1 aromatic carbocycles. The highest BCUT2D eigenvalue weighted by atomic mass is 32.2. The van der Waals surface area contributed by atoms with Gasteiger partial charge in [-0.1, -0.05) is 24.0 Å². The summed E-state index contributed by atoms with van der Waals surface area (Å²) in [4.78, 5) is 0. The molecular formula is C13H17NO3S. The number of hydrogen-bond acceptors (Lipinski definition) is 3. The van der Waals surface area contributed by atoms with Gasteiger partial charge in [0.1, 0.15) is 6.61 Å². The third-order valence-electron chi connectivity index (χ3n) is 2.43. The Hall–Kier alpha value is -1.35. The molecule has 1 aromatic rings. The Labute approximate surface area is 108 Å². The van der Waals surface area contributed by atoms with Gasteiger partial charge in [0.25, 0.3) is 0 Å². The van der Waals surface area contributed by atoms with Crippen LogP contribution in [0.1, 0.15) is 31.0 Å². The van der Waals surface area contributed by atoms with Crippen molar-refractivity contribution in [3.8, 4) is 11.8 Å². The van der Waals surface area contributed by atoms with Crippen molar-refractivity contribution in [2.75, 3.05) is 12.4 Å². The van der Waals surface area contributed by atoms with E-state index in [2.05, 4.69) is 16.6 Å². The molecule has 0 radical (unpaired) electrons. The summed E-state index contributed by atoms with van der Waals surface area (Å²) in [7, 11) is -3.22. The van der Waals surface area contributed by atoms with Gasteiger partial charge in [-0.05, 0) is 31.5 Å². The number of benzene rings is 1. The van der Waals surface area contributed by atoms with Gasteiger partial charge in [-0.2, -0.15) is 0 Å². The SMILES string of the molecule is CCS(=O)(=O)NC(C)c1cccc(C#CCO)c1. The van der Waals surface area contributed by atoms with Crippen LogP contribution in [0.5, 0.6) is 0 Å². The van der Waals surface area contributed by atoms with E-state index in [1.54, 1.807) is 13.8 Å². The quantitative estimate of drug-likeness (QED) is 0.801. The van der Waals surface area contributed by atoms with Crippen LogP contribution < -0.4 is 4.72 Å². The minimum absolute atomic E-state index is 0.0569. The maximum absolute atomic E-state index is 11.5. The zero-order chi connectivity index (χ0) is 13.6. The fourth-order valence-corrected chi connectivity index (χ4v) is 2.29. The number of nitrogens with one attached hydrogen (secondary N) is 1. The first-order chi connectivity index (χ1) is 8.48. The van der Waals surface area contributed by atoms with Crippen LogP contribution in [-0.4, -0.2) is 25.9 Å². The van der Waals surface area contributed by atoms with Crippen LogP contribution in [0.25, 0.3) is 0 Å². The highest BCUT2D eigenvalue weighted by Gasteiger charge is 2.13. The summed E-state index contributed by atoms with van der Waals surface area (Å²) in [6, 6.07) is 6.98. The summed E-state index contributed by atoms with van der Waals surface area (Å²) < 4.78 is 25.5. The molecular weight excluding hydrogens is 250 g/mol. The van der Waals surface area contributed by atoms with Crippen LogP contribution in [0, 0.1) is 11.8 Å². The molecule has 0 saturated carbocycles. The van der Waals surface area contributed by atoms with Gasteiger partial charge in [-0.25, -0.2) is 13.1 Å². The summed E-state index contributed by atoms with van der Waals surface area (Å²) in [5, 5.41) is 8.63. The summed E-state index contributed by atoms with van der Waals surface area (Å²) in [5.74, 6) is 5.40. The first-order valence-electron chi connectivity index (χ1n) is 5.68. The lowest BCUT2D eigenvalue weighted by Crippen LogP contribution is -2.28. The zero-order valence-corrected chi connectivity index (χ0v) is 11.3. The summed E-state index contributed by atoms with van der Waals surface area (Å²) in [6.07, 6.45) is 0. The molecule has 1 unspecified atom stereocenters. The summed E-state index contributed by atoms with van der Waals surface area (Å²) in [5.41, 5.74) is 1.60. The molecule has 0 aromatic heterocycles. The number of aliphatic hydroxyl groups is 1. The van der Waals surface area contributed by atoms with E-state index in [-0.39, 0.29) is 18.4 Å². The van der Waals surface area contributed by atoms with Gasteiger partial charge in [-0.3, -0.25) is 0 Å². The predicted molar refractivity (Wildman–Crippen MR) is 71.4 cm³/mol. The van der Waals surface area contributed by atoms with Crippen LogP contribution in [-0.2, 0) is 10.0 Å². The maximum atomic E-state index is 11.5. The van der Waals surface area contributed by atoms with E-state index in [0.717, 1.165) is 11.1 Å². The third-order valence-corrected chi connectivity index (χ3v) is 3.91. The highest BCUT2D eigenvalue weighted by Crippen LogP contribution is 2.14. The van der Waals surface area contributed by atoms with Gasteiger partial charge < -0.3 is 5.11 Å². The van der Waals surface area contributed by atoms with Crippen molar-refractivity contribution in [2.24, 2.45) is 0 Å². The Morgan fingerprint density at radius 3 is 2.78 bits per heavy atom. The van der Waals surface area contributed by atoms with Crippen molar-refractivity contribution >= 4 is 10.0 Å². The van der Waals surface area contributed by atoms with Crippen molar-refractivity contribution in [1.82, 2.24) is 4.72 Å². The topological polar surface area (TPSA) is 66.4 Å². The van der Waals surface area contributed by atoms with Crippen LogP contribution in [0.2, 0.25) is 0 Å². The first kappa shape index (κ1) is 14.7. The second kappa shape index (κ2) is 6.55.